The molecular formula is C24H28N4OS. The second-order valence-electron chi connectivity index (χ2n) is 8.42. The smallest absolute Gasteiger partial charge is 0.227 e. The largest absolute Gasteiger partial charge is 0.342 e. The highest BCUT2D eigenvalue weighted by molar-refractivity contribution is 7.12. The highest BCUT2D eigenvalue weighted by Crippen LogP contribution is 2.32. The summed E-state index contributed by atoms with van der Waals surface area (Å²) >= 11 is 1.67. The summed E-state index contributed by atoms with van der Waals surface area (Å²) in [6.07, 6.45) is 8.00. The average molecular weight is 421 g/mol. The van der Waals surface area contributed by atoms with E-state index in [4.69, 9.17) is 0 Å². The van der Waals surface area contributed by atoms with Crippen molar-refractivity contribution in [3.63, 3.8) is 0 Å². The zero-order chi connectivity index (χ0) is 20.3. The van der Waals surface area contributed by atoms with Gasteiger partial charge >= 0.3 is 0 Å². The molecule has 3 aromatic rings. The van der Waals surface area contributed by atoms with Gasteiger partial charge in [-0.15, -0.1) is 11.3 Å². The molecule has 2 aliphatic rings. The molecule has 2 aromatic heterocycles. The van der Waals surface area contributed by atoms with Crippen molar-refractivity contribution in [1.29, 1.82) is 0 Å². The fraction of sp³-hybridized carbons (Fsp3) is 0.417. The lowest BCUT2D eigenvalue weighted by atomic mass is 9.83. The quantitative estimate of drug-likeness (QED) is 0.627. The Morgan fingerprint density at radius 3 is 2.83 bits per heavy atom. The second-order valence-corrected chi connectivity index (χ2v) is 9.29. The number of aromatic nitrogens is 2. The molecule has 4 heterocycles. The van der Waals surface area contributed by atoms with Crippen molar-refractivity contribution < 1.29 is 4.79 Å². The van der Waals surface area contributed by atoms with Crippen LogP contribution in [0.5, 0.6) is 0 Å². The number of thiazole rings is 1. The lowest BCUT2D eigenvalue weighted by molar-refractivity contribution is -0.134. The third kappa shape index (κ3) is 4.07. The van der Waals surface area contributed by atoms with Crippen LogP contribution >= 0.6 is 11.3 Å². The monoisotopic (exact) mass is 420 g/mol. The van der Waals surface area contributed by atoms with Crippen LogP contribution in [-0.4, -0.2) is 50.9 Å². The van der Waals surface area contributed by atoms with E-state index in [0.29, 0.717) is 18.4 Å². The number of piperidine rings is 2. The molecule has 0 aliphatic carbocycles. The Morgan fingerprint density at radius 2 is 2.00 bits per heavy atom. The molecule has 1 amide bonds. The molecule has 156 valence electrons. The zero-order valence-electron chi connectivity index (χ0n) is 17.2. The molecule has 5 nitrogen and oxygen atoms in total. The summed E-state index contributed by atoms with van der Waals surface area (Å²) in [6, 6.07) is 15.0. The van der Waals surface area contributed by atoms with E-state index in [1.165, 1.54) is 18.5 Å². The molecule has 0 spiro atoms. The van der Waals surface area contributed by atoms with E-state index < -0.39 is 0 Å². The Kier molecular flexibility index (Phi) is 5.69. The zero-order valence-corrected chi connectivity index (χ0v) is 18.0. The highest BCUT2D eigenvalue weighted by Gasteiger charge is 2.37. The van der Waals surface area contributed by atoms with E-state index in [9.17, 15) is 4.79 Å². The predicted octanol–water partition coefficient (Wildman–Crippen LogP) is 3.99. The van der Waals surface area contributed by atoms with Crippen molar-refractivity contribution in [2.24, 2.45) is 5.92 Å². The maximum absolute atomic E-state index is 12.9. The first kappa shape index (κ1) is 19.5. The highest BCUT2D eigenvalue weighted by atomic mass is 32.1. The van der Waals surface area contributed by atoms with Gasteiger partial charge in [-0.3, -0.25) is 14.3 Å². The minimum atomic E-state index is 0.273. The molecule has 2 aliphatic heterocycles. The predicted molar refractivity (Wildman–Crippen MR) is 120 cm³/mol. The molecule has 1 aromatic carbocycles. The van der Waals surface area contributed by atoms with Gasteiger partial charge in [-0.25, -0.2) is 4.98 Å². The first-order valence-corrected chi connectivity index (χ1v) is 11.8. The average Bonchev–Trinajstić information content (AvgIpc) is 3.46. The first-order valence-electron chi connectivity index (χ1n) is 10.9. The summed E-state index contributed by atoms with van der Waals surface area (Å²) in [7, 11) is 0. The molecule has 0 radical (unpaired) electrons. The van der Waals surface area contributed by atoms with Crippen LogP contribution in [0, 0.1) is 5.92 Å². The van der Waals surface area contributed by atoms with Gasteiger partial charge in [-0.2, -0.15) is 0 Å². The lowest BCUT2D eigenvalue weighted by Gasteiger charge is -2.47. The normalized spacial score (nSPS) is 22.1. The van der Waals surface area contributed by atoms with Crippen molar-refractivity contribution >= 4 is 17.2 Å². The van der Waals surface area contributed by atoms with Crippen molar-refractivity contribution in [3.8, 4) is 5.13 Å². The number of hydrogen-bond acceptors (Lipinski definition) is 4. The first-order chi connectivity index (χ1) is 14.8. The maximum atomic E-state index is 12.9. The van der Waals surface area contributed by atoms with Gasteiger partial charge in [0.05, 0.1) is 6.42 Å². The lowest BCUT2D eigenvalue weighted by Crippen LogP contribution is -2.55. The van der Waals surface area contributed by atoms with Gasteiger partial charge in [-0.05, 0) is 49.4 Å². The topological polar surface area (TPSA) is 41.4 Å². The van der Waals surface area contributed by atoms with E-state index in [2.05, 4.69) is 37.7 Å². The van der Waals surface area contributed by atoms with Gasteiger partial charge in [0.1, 0.15) is 0 Å². The molecular weight excluding hydrogens is 392 g/mol. The second kappa shape index (κ2) is 8.74. The van der Waals surface area contributed by atoms with E-state index in [0.717, 1.165) is 43.3 Å². The van der Waals surface area contributed by atoms with Crippen molar-refractivity contribution in [2.75, 3.05) is 19.6 Å². The Bertz CT molecular complexity index is 968. The van der Waals surface area contributed by atoms with Crippen molar-refractivity contribution in [3.05, 3.63) is 71.5 Å². The molecule has 2 fully saturated rings. The van der Waals surface area contributed by atoms with Gasteiger partial charge in [0.25, 0.3) is 0 Å². The van der Waals surface area contributed by atoms with Gasteiger partial charge in [0.2, 0.25) is 5.91 Å². The van der Waals surface area contributed by atoms with Gasteiger partial charge in [0, 0.05) is 49.1 Å². The summed E-state index contributed by atoms with van der Waals surface area (Å²) in [5.41, 5.74) is 2.41. The van der Waals surface area contributed by atoms with Crippen LogP contribution in [-0.2, 0) is 17.8 Å². The fourth-order valence-corrected chi connectivity index (χ4v) is 5.74. The van der Waals surface area contributed by atoms with Crippen LogP contribution in [0.15, 0.2) is 60.2 Å². The SMILES string of the molecule is O=C(Cc1ccccc1)N1CC[C@H]2[C@H](CCCN2Cc2cccn2-c2nccs2)C1. The Balaban J connectivity index is 1.24. The molecule has 2 saturated heterocycles. The molecule has 0 unspecified atom stereocenters. The van der Waals surface area contributed by atoms with E-state index in [1.807, 2.05) is 41.9 Å². The van der Waals surface area contributed by atoms with E-state index >= 15 is 0 Å². The molecule has 5 rings (SSSR count). The van der Waals surface area contributed by atoms with Gasteiger partial charge < -0.3 is 4.90 Å². The minimum absolute atomic E-state index is 0.273. The minimum Gasteiger partial charge on any atom is -0.342 e. The number of likely N-dealkylation sites (tertiary alicyclic amines) is 2. The molecule has 2 atom stereocenters. The molecule has 0 N–H and O–H groups in total. The van der Waals surface area contributed by atoms with Crippen LogP contribution in [0.25, 0.3) is 5.13 Å². The summed E-state index contributed by atoms with van der Waals surface area (Å²) in [6.45, 7) is 3.87. The Morgan fingerprint density at radius 1 is 1.10 bits per heavy atom. The number of fused-ring (bicyclic) bond motifs is 1. The van der Waals surface area contributed by atoms with E-state index in [1.54, 1.807) is 11.3 Å². The molecule has 0 saturated carbocycles. The number of carbonyl (C=O) groups is 1. The number of amides is 1. The van der Waals surface area contributed by atoms with Crippen LogP contribution in [0.3, 0.4) is 0 Å². The summed E-state index contributed by atoms with van der Waals surface area (Å²) in [5, 5.41) is 3.06. The summed E-state index contributed by atoms with van der Waals surface area (Å²) < 4.78 is 2.22. The van der Waals surface area contributed by atoms with Crippen LogP contribution in [0.4, 0.5) is 0 Å². The van der Waals surface area contributed by atoms with Gasteiger partial charge in [0.15, 0.2) is 5.13 Å². The molecule has 6 heteroatoms. The summed E-state index contributed by atoms with van der Waals surface area (Å²) in [4.78, 5) is 22.1. The summed E-state index contributed by atoms with van der Waals surface area (Å²) in [5.74, 6) is 0.852. The van der Waals surface area contributed by atoms with Gasteiger partial charge in [-0.1, -0.05) is 30.3 Å². The van der Waals surface area contributed by atoms with Crippen LogP contribution < -0.4 is 0 Å². The van der Waals surface area contributed by atoms with Crippen LogP contribution in [0.2, 0.25) is 0 Å². The standard InChI is InChI=1S/C24H28N4OS/c29-23(16-19-6-2-1-3-7-19)27-14-10-22-20(17-27)8-4-12-26(22)18-21-9-5-13-28(21)24-25-11-15-30-24/h1-3,5-7,9,11,13,15,20,22H,4,8,10,12,14,16-18H2/t20-,22+/m1/s1. The number of rotatable bonds is 5. The third-order valence-corrected chi connectivity index (χ3v) is 7.33. The number of nitrogens with zero attached hydrogens (tertiary/aromatic N) is 4. The van der Waals surface area contributed by atoms with Crippen molar-refractivity contribution in [1.82, 2.24) is 19.4 Å². The number of hydrogen-bond donors (Lipinski definition) is 0. The number of carbonyl (C=O) groups excluding carboxylic acids is 1. The Hall–Kier alpha value is -2.44. The molecule has 30 heavy (non-hydrogen) atoms. The molecule has 0 bridgehead atoms. The maximum Gasteiger partial charge on any atom is 0.227 e. The number of benzene rings is 1. The third-order valence-electron chi connectivity index (χ3n) is 6.56. The fourth-order valence-electron chi connectivity index (χ4n) is 5.09. The van der Waals surface area contributed by atoms with Crippen molar-refractivity contribution in [2.45, 2.75) is 38.3 Å². The van der Waals surface area contributed by atoms with E-state index in [-0.39, 0.29) is 5.91 Å². The Labute approximate surface area is 182 Å². The van der Waals surface area contributed by atoms with Crippen LogP contribution in [0.1, 0.15) is 30.5 Å².